The van der Waals surface area contributed by atoms with Gasteiger partial charge in [-0.25, -0.2) is 4.79 Å². The van der Waals surface area contributed by atoms with Crippen LogP contribution in [-0.2, 0) is 19.3 Å². The van der Waals surface area contributed by atoms with Crippen LogP contribution in [0.25, 0.3) is 0 Å². The van der Waals surface area contributed by atoms with E-state index in [-0.39, 0.29) is 5.96 Å². The standard InChI is InChI=1S/C5H9N3O4/c1-3(9)11-7-5(6)8-12-4(2)10/h1-2H3,(H3,6,7,8). The maximum absolute atomic E-state index is 10.2. The Hall–Kier alpha value is -1.79. The predicted octanol–water partition coefficient (Wildman–Crippen LogP) is -1.15. The number of nitrogens with zero attached hydrogens (tertiary/aromatic N) is 1. The average Bonchev–Trinajstić information content (AvgIpc) is 1.96. The molecule has 68 valence electrons. The van der Waals surface area contributed by atoms with Gasteiger partial charge in [0.2, 0.25) is 0 Å². The lowest BCUT2D eigenvalue weighted by atomic mass is 10.8. The van der Waals surface area contributed by atoms with Crippen LogP contribution in [0.15, 0.2) is 5.16 Å². The van der Waals surface area contributed by atoms with Crippen molar-refractivity contribution in [1.82, 2.24) is 5.48 Å². The van der Waals surface area contributed by atoms with Gasteiger partial charge < -0.3 is 15.4 Å². The van der Waals surface area contributed by atoms with Crippen molar-refractivity contribution in [1.29, 1.82) is 0 Å². The molecule has 0 aliphatic heterocycles. The number of nitrogens with two attached hydrogens (primary N) is 1. The van der Waals surface area contributed by atoms with Crippen molar-refractivity contribution in [3.05, 3.63) is 0 Å². The molecule has 7 nitrogen and oxygen atoms in total. The number of oxime groups is 1. The summed E-state index contributed by atoms with van der Waals surface area (Å²) in [6, 6.07) is 0. The number of nitrogens with one attached hydrogen (secondary N) is 1. The van der Waals surface area contributed by atoms with E-state index in [1.165, 1.54) is 6.92 Å². The second-order valence-corrected chi connectivity index (χ2v) is 1.76. The van der Waals surface area contributed by atoms with Crippen LogP contribution >= 0.6 is 0 Å². The SMILES string of the molecule is CC(=O)O/N=C(\N)NOC(C)=O. The van der Waals surface area contributed by atoms with Crippen molar-refractivity contribution < 1.29 is 19.3 Å². The minimum atomic E-state index is -0.623. The van der Waals surface area contributed by atoms with Crippen LogP contribution in [-0.4, -0.2) is 17.9 Å². The monoisotopic (exact) mass is 175 g/mol. The van der Waals surface area contributed by atoms with Crippen molar-refractivity contribution in [2.24, 2.45) is 10.9 Å². The lowest BCUT2D eigenvalue weighted by Crippen LogP contribution is -2.33. The molecule has 0 saturated carbocycles. The third kappa shape index (κ3) is 6.33. The molecule has 0 aromatic carbocycles. The highest BCUT2D eigenvalue weighted by Gasteiger charge is 1.96. The molecule has 3 N–H and O–H groups in total. The van der Waals surface area contributed by atoms with Gasteiger partial charge in [-0.05, 0) is 5.16 Å². The highest BCUT2D eigenvalue weighted by molar-refractivity contribution is 5.79. The molecule has 0 heterocycles. The third-order valence-corrected chi connectivity index (χ3v) is 0.572. The second kappa shape index (κ2) is 4.94. The minimum absolute atomic E-state index is 0.319. The zero-order valence-electron chi connectivity index (χ0n) is 6.66. The molecule has 12 heavy (non-hydrogen) atoms. The molecule has 0 aliphatic rings. The molecule has 0 rings (SSSR count). The van der Waals surface area contributed by atoms with Gasteiger partial charge in [-0.3, -0.25) is 4.79 Å². The molecule has 0 atom stereocenters. The normalized spacial score (nSPS) is 10.3. The van der Waals surface area contributed by atoms with Crippen molar-refractivity contribution in [3.8, 4) is 0 Å². The van der Waals surface area contributed by atoms with Gasteiger partial charge in [0.1, 0.15) is 0 Å². The molecule has 0 fully saturated rings. The quantitative estimate of drug-likeness (QED) is 0.225. The molecule has 0 aromatic heterocycles. The van der Waals surface area contributed by atoms with Crippen LogP contribution in [0, 0.1) is 0 Å². The van der Waals surface area contributed by atoms with Crippen LogP contribution in [0.5, 0.6) is 0 Å². The van der Waals surface area contributed by atoms with E-state index in [9.17, 15) is 9.59 Å². The summed E-state index contributed by atoms with van der Waals surface area (Å²) in [6.45, 7) is 2.33. The second-order valence-electron chi connectivity index (χ2n) is 1.76. The Morgan fingerprint density at radius 2 is 1.92 bits per heavy atom. The minimum Gasteiger partial charge on any atom is -0.365 e. The Labute approximate surface area is 68.4 Å². The van der Waals surface area contributed by atoms with E-state index in [1.54, 1.807) is 0 Å². The first-order valence-electron chi connectivity index (χ1n) is 2.97. The highest BCUT2D eigenvalue weighted by atomic mass is 16.7. The fraction of sp³-hybridized carbons (Fsp3) is 0.400. The summed E-state index contributed by atoms with van der Waals surface area (Å²) in [7, 11) is 0. The Morgan fingerprint density at radius 1 is 1.33 bits per heavy atom. The summed E-state index contributed by atoms with van der Waals surface area (Å²) in [5, 5.41) is 3.05. The maximum Gasteiger partial charge on any atom is 0.332 e. The summed E-state index contributed by atoms with van der Waals surface area (Å²) in [5.41, 5.74) is 6.99. The van der Waals surface area contributed by atoms with Gasteiger partial charge in [-0.1, -0.05) is 0 Å². The number of guanidine groups is 1. The van der Waals surface area contributed by atoms with Gasteiger partial charge in [-0.15, -0.1) is 0 Å². The number of hydroxylamine groups is 1. The van der Waals surface area contributed by atoms with Crippen LogP contribution in [0.1, 0.15) is 13.8 Å². The third-order valence-electron chi connectivity index (χ3n) is 0.572. The first-order valence-corrected chi connectivity index (χ1v) is 2.97. The number of carbonyl (C=O) groups is 2. The molecule has 0 spiro atoms. The molecule has 0 aromatic rings. The van der Waals surface area contributed by atoms with Crippen molar-refractivity contribution in [2.45, 2.75) is 13.8 Å². The van der Waals surface area contributed by atoms with Gasteiger partial charge in [0.15, 0.2) is 0 Å². The van der Waals surface area contributed by atoms with Crippen LogP contribution in [0.3, 0.4) is 0 Å². The fourth-order valence-corrected chi connectivity index (χ4v) is 0.256. The van der Waals surface area contributed by atoms with Gasteiger partial charge in [0, 0.05) is 13.8 Å². The van der Waals surface area contributed by atoms with E-state index >= 15 is 0 Å². The van der Waals surface area contributed by atoms with Gasteiger partial charge in [0.05, 0.1) is 0 Å². The zero-order valence-corrected chi connectivity index (χ0v) is 6.66. The Kier molecular flexibility index (Phi) is 4.20. The highest BCUT2D eigenvalue weighted by Crippen LogP contribution is 1.76. The number of rotatable bonds is 1. The molecule has 0 aliphatic carbocycles. The zero-order chi connectivity index (χ0) is 9.56. The summed E-state index contributed by atoms with van der Waals surface area (Å²) < 4.78 is 0. The lowest BCUT2D eigenvalue weighted by Gasteiger charge is -2.01. The molecular formula is C5H9N3O4. The van der Waals surface area contributed by atoms with E-state index in [0.29, 0.717) is 0 Å². The van der Waals surface area contributed by atoms with E-state index in [4.69, 9.17) is 5.73 Å². The fourth-order valence-electron chi connectivity index (χ4n) is 0.256. The van der Waals surface area contributed by atoms with E-state index < -0.39 is 11.9 Å². The summed E-state index contributed by atoms with van der Waals surface area (Å²) in [4.78, 5) is 28.7. The van der Waals surface area contributed by atoms with Gasteiger partial charge >= 0.3 is 11.9 Å². The molecule has 0 unspecified atom stereocenters. The van der Waals surface area contributed by atoms with Gasteiger partial charge in [-0.2, -0.15) is 5.48 Å². The van der Waals surface area contributed by atoms with E-state index in [1.807, 2.05) is 5.48 Å². The van der Waals surface area contributed by atoms with Gasteiger partial charge in [0.25, 0.3) is 5.96 Å². The molecule has 0 bridgehead atoms. The first kappa shape index (κ1) is 10.2. The molecule has 7 heteroatoms. The first-order chi connectivity index (χ1) is 5.52. The molecule has 0 radical (unpaired) electrons. The summed E-state index contributed by atoms with van der Waals surface area (Å²) in [6.07, 6.45) is 0. The van der Waals surface area contributed by atoms with Crippen LogP contribution < -0.4 is 11.2 Å². The van der Waals surface area contributed by atoms with Crippen molar-refractivity contribution in [2.75, 3.05) is 0 Å². The topological polar surface area (TPSA) is 103 Å². The largest absolute Gasteiger partial charge is 0.365 e. The summed E-state index contributed by atoms with van der Waals surface area (Å²) in [5.74, 6) is -1.53. The average molecular weight is 175 g/mol. The Bertz CT molecular complexity index is 213. The Morgan fingerprint density at radius 3 is 2.33 bits per heavy atom. The van der Waals surface area contributed by atoms with Crippen LogP contribution in [0.2, 0.25) is 0 Å². The number of hydrogen-bond donors (Lipinski definition) is 2. The lowest BCUT2D eigenvalue weighted by molar-refractivity contribution is -0.145. The van der Waals surface area contributed by atoms with Crippen molar-refractivity contribution in [3.63, 3.8) is 0 Å². The van der Waals surface area contributed by atoms with Crippen molar-refractivity contribution >= 4 is 17.9 Å². The number of carbonyl (C=O) groups excluding carboxylic acids is 2. The predicted molar refractivity (Wildman–Crippen MR) is 38.3 cm³/mol. The summed E-state index contributed by atoms with van der Waals surface area (Å²) >= 11 is 0. The maximum atomic E-state index is 10.2. The van der Waals surface area contributed by atoms with E-state index in [2.05, 4.69) is 14.8 Å². The molecular weight excluding hydrogens is 166 g/mol. The molecule has 0 amide bonds. The Balaban J connectivity index is 3.70. The smallest absolute Gasteiger partial charge is 0.332 e. The van der Waals surface area contributed by atoms with Crippen LogP contribution in [0.4, 0.5) is 0 Å². The number of hydrogen-bond acceptors (Lipinski definition) is 5. The molecule has 0 saturated heterocycles. The van der Waals surface area contributed by atoms with E-state index in [0.717, 1.165) is 6.92 Å².